The minimum atomic E-state index is -1.25. The molecular formula is C9H20O3Si. The van der Waals surface area contributed by atoms with Gasteiger partial charge in [-0.1, -0.05) is 20.8 Å². The summed E-state index contributed by atoms with van der Waals surface area (Å²) in [6, 6.07) is 0. The van der Waals surface area contributed by atoms with E-state index in [0.717, 1.165) is 0 Å². The van der Waals surface area contributed by atoms with Crippen LogP contribution in [0.2, 0.25) is 13.1 Å². The summed E-state index contributed by atoms with van der Waals surface area (Å²) in [5, 5.41) is 8.88. The number of hydrogen-bond donors (Lipinski definition) is 1. The highest BCUT2D eigenvalue weighted by molar-refractivity contribution is 6.48. The molecule has 1 unspecified atom stereocenters. The van der Waals surface area contributed by atoms with E-state index in [1.54, 1.807) is 0 Å². The fourth-order valence-electron chi connectivity index (χ4n) is 1.08. The van der Waals surface area contributed by atoms with Gasteiger partial charge >= 0.3 is 5.97 Å². The highest BCUT2D eigenvalue weighted by Crippen LogP contribution is 2.22. The molecule has 78 valence electrons. The first-order chi connectivity index (χ1) is 5.72. The van der Waals surface area contributed by atoms with Crippen molar-refractivity contribution < 1.29 is 14.3 Å². The summed E-state index contributed by atoms with van der Waals surface area (Å²) in [5.41, 5.74) is 0.00630. The normalized spacial score (nSPS) is 14.6. The third-order valence-corrected chi connectivity index (χ3v) is 2.38. The van der Waals surface area contributed by atoms with E-state index < -0.39 is 21.1 Å². The molecule has 0 saturated heterocycles. The van der Waals surface area contributed by atoms with Crippen LogP contribution >= 0.6 is 0 Å². The molecule has 13 heavy (non-hydrogen) atoms. The van der Waals surface area contributed by atoms with Crippen LogP contribution in [0.15, 0.2) is 0 Å². The molecule has 0 spiro atoms. The largest absolute Gasteiger partial charge is 0.479 e. The Hall–Kier alpha value is -0.353. The Bertz CT molecular complexity index is 172. The molecule has 0 rings (SSSR count). The van der Waals surface area contributed by atoms with Gasteiger partial charge in [0.2, 0.25) is 0 Å². The van der Waals surface area contributed by atoms with Crippen LogP contribution in [0.25, 0.3) is 0 Å². The van der Waals surface area contributed by atoms with Gasteiger partial charge in [-0.25, -0.2) is 4.79 Å². The van der Waals surface area contributed by atoms with E-state index in [1.807, 2.05) is 33.9 Å². The highest BCUT2D eigenvalue weighted by Gasteiger charge is 2.25. The molecule has 0 aliphatic rings. The number of aliphatic carboxylic acids is 1. The van der Waals surface area contributed by atoms with Crippen molar-refractivity contribution in [3.63, 3.8) is 0 Å². The van der Waals surface area contributed by atoms with E-state index in [2.05, 4.69) is 0 Å². The van der Waals surface area contributed by atoms with Crippen LogP contribution in [-0.2, 0) is 9.22 Å². The lowest BCUT2D eigenvalue weighted by atomic mass is 9.89. The van der Waals surface area contributed by atoms with Gasteiger partial charge in [0.05, 0.1) is 0 Å². The molecule has 0 aromatic carbocycles. The van der Waals surface area contributed by atoms with Gasteiger partial charge in [0, 0.05) is 0 Å². The Labute approximate surface area is 81.8 Å². The molecule has 1 N–H and O–H groups in total. The zero-order chi connectivity index (χ0) is 10.6. The maximum absolute atomic E-state index is 10.8. The van der Waals surface area contributed by atoms with E-state index in [-0.39, 0.29) is 5.41 Å². The lowest BCUT2D eigenvalue weighted by Crippen LogP contribution is -2.32. The SMILES string of the molecule is C[SiH](C)OC(CC(C)(C)C)C(=O)O. The number of rotatable bonds is 4. The molecule has 0 bridgehead atoms. The fraction of sp³-hybridized carbons (Fsp3) is 0.889. The molecule has 0 aliphatic carbocycles. The Morgan fingerprint density at radius 1 is 1.46 bits per heavy atom. The van der Waals surface area contributed by atoms with Crippen molar-refractivity contribution in [3.8, 4) is 0 Å². The first kappa shape index (κ1) is 12.6. The Kier molecular flexibility index (Phi) is 4.63. The summed E-state index contributed by atoms with van der Waals surface area (Å²) in [4.78, 5) is 10.8. The van der Waals surface area contributed by atoms with Crippen molar-refractivity contribution in [2.45, 2.75) is 46.4 Å². The molecule has 0 aromatic rings. The Morgan fingerprint density at radius 2 is 1.92 bits per heavy atom. The summed E-state index contributed by atoms with van der Waals surface area (Å²) >= 11 is 0. The Balaban J connectivity index is 4.19. The second kappa shape index (κ2) is 4.76. The van der Waals surface area contributed by atoms with Gasteiger partial charge in [0.25, 0.3) is 0 Å². The molecule has 0 heterocycles. The molecule has 0 radical (unpaired) electrons. The molecule has 1 atom stereocenters. The van der Waals surface area contributed by atoms with Crippen LogP contribution < -0.4 is 0 Å². The van der Waals surface area contributed by atoms with E-state index >= 15 is 0 Å². The summed E-state index contributed by atoms with van der Waals surface area (Å²) in [6.07, 6.45) is -0.0419. The summed E-state index contributed by atoms with van der Waals surface area (Å²) < 4.78 is 5.43. The van der Waals surface area contributed by atoms with Gasteiger partial charge in [-0.2, -0.15) is 0 Å². The van der Waals surface area contributed by atoms with Gasteiger partial charge < -0.3 is 9.53 Å². The van der Waals surface area contributed by atoms with Gasteiger partial charge in [-0.15, -0.1) is 0 Å². The molecule has 4 heteroatoms. The smallest absolute Gasteiger partial charge is 0.331 e. The second-order valence-corrected chi connectivity index (χ2v) is 7.15. The van der Waals surface area contributed by atoms with Gasteiger partial charge in [-0.3, -0.25) is 0 Å². The molecule has 0 aromatic heterocycles. The van der Waals surface area contributed by atoms with Crippen molar-refractivity contribution in [1.82, 2.24) is 0 Å². The lowest BCUT2D eigenvalue weighted by molar-refractivity contribution is -0.146. The molecule has 0 fully saturated rings. The van der Waals surface area contributed by atoms with Crippen molar-refractivity contribution in [2.24, 2.45) is 5.41 Å². The number of carboxylic acid groups (broad SMARTS) is 1. The molecule has 0 saturated carbocycles. The average Bonchev–Trinajstić information content (AvgIpc) is 1.81. The zero-order valence-electron chi connectivity index (χ0n) is 9.13. The average molecular weight is 204 g/mol. The van der Waals surface area contributed by atoms with Crippen LogP contribution in [0.5, 0.6) is 0 Å². The minimum Gasteiger partial charge on any atom is -0.479 e. The fourth-order valence-corrected chi connectivity index (χ4v) is 1.95. The predicted molar refractivity (Wildman–Crippen MR) is 55.5 cm³/mol. The van der Waals surface area contributed by atoms with Crippen LogP contribution in [0.1, 0.15) is 27.2 Å². The zero-order valence-corrected chi connectivity index (χ0v) is 10.3. The number of carbonyl (C=O) groups is 1. The van der Waals surface area contributed by atoms with Crippen molar-refractivity contribution >= 4 is 15.0 Å². The van der Waals surface area contributed by atoms with Gasteiger partial charge in [-0.05, 0) is 24.9 Å². The second-order valence-electron chi connectivity index (χ2n) is 4.78. The van der Waals surface area contributed by atoms with E-state index in [1.165, 1.54) is 0 Å². The predicted octanol–water partition coefficient (Wildman–Crippen LogP) is 1.88. The van der Waals surface area contributed by atoms with Gasteiger partial charge in [0.1, 0.15) is 6.10 Å². The van der Waals surface area contributed by atoms with Crippen molar-refractivity contribution in [2.75, 3.05) is 0 Å². The summed E-state index contributed by atoms with van der Waals surface area (Å²) in [5.74, 6) is -0.837. The van der Waals surface area contributed by atoms with Crippen LogP contribution in [-0.4, -0.2) is 26.2 Å². The number of carboxylic acids is 1. The van der Waals surface area contributed by atoms with Crippen LogP contribution in [0.3, 0.4) is 0 Å². The van der Waals surface area contributed by atoms with E-state index in [9.17, 15) is 4.79 Å². The third kappa shape index (κ3) is 6.78. The van der Waals surface area contributed by atoms with E-state index in [0.29, 0.717) is 6.42 Å². The first-order valence-corrected chi connectivity index (χ1v) is 7.39. The quantitative estimate of drug-likeness (QED) is 0.711. The van der Waals surface area contributed by atoms with Gasteiger partial charge in [0.15, 0.2) is 9.04 Å². The minimum absolute atomic E-state index is 0.00630. The molecule has 0 amide bonds. The standard InChI is InChI=1S/C9H20O3Si/c1-9(2,3)6-7(8(10)11)12-13(4)5/h7,13H,6H2,1-5H3,(H,10,11). The first-order valence-electron chi connectivity index (χ1n) is 4.60. The topological polar surface area (TPSA) is 46.5 Å². The van der Waals surface area contributed by atoms with Crippen LogP contribution in [0.4, 0.5) is 0 Å². The monoisotopic (exact) mass is 204 g/mol. The molecule has 0 aliphatic heterocycles. The third-order valence-electron chi connectivity index (χ3n) is 1.51. The lowest BCUT2D eigenvalue weighted by Gasteiger charge is -2.24. The number of hydrogen-bond acceptors (Lipinski definition) is 2. The maximum Gasteiger partial charge on any atom is 0.331 e. The summed E-state index contributed by atoms with van der Waals surface area (Å²) in [7, 11) is -1.25. The van der Waals surface area contributed by atoms with E-state index in [4.69, 9.17) is 9.53 Å². The summed E-state index contributed by atoms with van der Waals surface area (Å²) in [6.45, 7) is 10.0. The molecule has 3 nitrogen and oxygen atoms in total. The van der Waals surface area contributed by atoms with Crippen LogP contribution in [0, 0.1) is 5.41 Å². The van der Waals surface area contributed by atoms with Crippen molar-refractivity contribution in [1.29, 1.82) is 0 Å². The highest BCUT2D eigenvalue weighted by atomic mass is 28.3. The maximum atomic E-state index is 10.8. The van der Waals surface area contributed by atoms with Crippen molar-refractivity contribution in [3.05, 3.63) is 0 Å². The Morgan fingerprint density at radius 3 is 2.15 bits per heavy atom. The molecular weight excluding hydrogens is 184 g/mol.